The predicted octanol–water partition coefficient (Wildman–Crippen LogP) is 2.20. The zero-order valence-electron chi connectivity index (χ0n) is 25.7. The number of fused-ring (bicyclic) bond motifs is 1. The largest absolute Gasteiger partial charge is 0.490 e. The number of pyridine rings is 1. The third kappa shape index (κ3) is 7.19. The molecule has 0 spiro atoms. The zero-order chi connectivity index (χ0) is 33.3. The first-order valence-electron chi connectivity index (χ1n) is 15.2. The summed E-state index contributed by atoms with van der Waals surface area (Å²) >= 11 is 0. The number of ketones is 1. The van der Waals surface area contributed by atoms with Crippen molar-refractivity contribution in [2.45, 2.75) is 62.5 Å². The van der Waals surface area contributed by atoms with Crippen molar-refractivity contribution in [3.05, 3.63) is 59.9 Å². The number of halogens is 3. The number of aliphatic hydroxyl groups excluding tert-OH is 1. The third-order valence-corrected chi connectivity index (χ3v) is 9.24. The van der Waals surface area contributed by atoms with E-state index in [0.29, 0.717) is 24.3 Å². The normalized spacial score (nSPS) is 26.6. The SMILES string of the molecule is C#CC(C)(C)N1CCN(CC(=O)C[C@]2(C(=O)N[C@H]3c4ccccc4OC[C@H]3O)C[C@H]2c2cccnc2)[C@H](C(=O)NCC(F)(F)F)C1. The fourth-order valence-corrected chi connectivity index (χ4v) is 6.45. The molecular weight excluding hydrogens is 603 g/mol. The Bertz CT molecular complexity index is 1500. The van der Waals surface area contributed by atoms with Gasteiger partial charge in [0.15, 0.2) is 0 Å². The minimum Gasteiger partial charge on any atom is -0.490 e. The lowest BCUT2D eigenvalue weighted by molar-refractivity contribution is -0.144. The number of benzene rings is 1. The number of aliphatic hydroxyl groups is 1. The monoisotopic (exact) mass is 641 g/mol. The number of nitrogens with zero attached hydrogens (tertiary/aromatic N) is 3. The lowest BCUT2D eigenvalue weighted by Crippen LogP contribution is -2.63. The molecule has 1 saturated heterocycles. The summed E-state index contributed by atoms with van der Waals surface area (Å²) in [6.07, 6.45) is 3.51. The molecule has 13 heteroatoms. The number of ether oxygens (including phenoxy) is 1. The molecule has 1 aromatic heterocycles. The molecular formula is C33H38F3N5O5. The average molecular weight is 642 g/mol. The highest BCUT2D eigenvalue weighted by molar-refractivity contribution is 5.95. The van der Waals surface area contributed by atoms with Gasteiger partial charge in [-0.3, -0.25) is 29.2 Å². The van der Waals surface area contributed by atoms with Crippen LogP contribution in [0.15, 0.2) is 48.8 Å². The second-order valence-corrected chi connectivity index (χ2v) is 12.8. The van der Waals surface area contributed by atoms with Gasteiger partial charge in [0.05, 0.1) is 23.5 Å². The van der Waals surface area contributed by atoms with Gasteiger partial charge in [0, 0.05) is 49.9 Å². The third-order valence-electron chi connectivity index (χ3n) is 9.24. The maximum absolute atomic E-state index is 14.1. The van der Waals surface area contributed by atoms with Crippen molar-refractivity contribution in [3.63, 3.8) is 0 Å². The first-order valence-corrected chi connectivity index (χ1v) is 15.2. The Hall–Kier alpha value is -3.99. The number of hydrogen-bond donors (Lipinski definition) is 3. The van der Waals surface area contributed by atoms with Gasteiger partial charge >= 0.3 is 6.18 Å². The van der Waals surface area contributed by atoms with Crippen LogP contribution in [0.2, 0.25) is 0 Å². The highest BCUT2D eigenvalue weighted by Crippen LogP contribution is 2.62. The van der Waals surface area contributed by atoms with Gasteiger partial charge in [0.1, 0.15) is 36.8 Å². The molecule has 3 heterocycles. The number of piperazine rings is 1. The van der Waals surface area contributed by atoms with Gasteiger partial charge in [0.2, 0.25) is 11.8 Å². The van der Waals surface area contributed by atoms with Crippen LogP contribution in [0.4, 0.5) is 13.2 Å². The van der Waals surface area contributed by atoms with E-state index in [4.69, 9.17) is 11.2 Å². The summed E-state index contributed by atoms with van der Waals surface area (Å²) in [4.78, 5) is 48.4. The van der Waals surface area contributed by atoms with E-state index in [1.54, 1.807) is 61.5 Å². The Morgan fingerprint density at radius 3 is 2.63 bits per heavy atom. The minimum absolute atomic E-state index is 0.0137. The van der Waals surface area contributed by atoms with E-state index in [1.165, 1.54) is 0 Å². The van der Waals surface area contributed by atoms with Crippen molar-refractivity contribution < 1.29 is 37.4 Å². The van der Waals surface area contributed by atoms with Crippen LogP contribution >= 0.6 is 0 Å². The van der Waals surface area contributed by atoms with Crippen LogP contribution in [0, 0.1) is 17.8 Å². The lowest BCUT2D eigenvalue weighted by atomic mass is 9.90. The number of carbonyl (C=O) groups is 3. The Labute approximate surface area is 265 Å². The van der Waals surface area contributed by atoms with Crippen molar-refractivity contribution in [3.8, 4) is 18.1 Å². The number of hydrogen-bond acceptors (Lipinski definition) is 8. The van der Waals surface area contributed by atoms with E-state index in [-0.39, 0.29) is 44.4 Å². The first kappa shape index (κ1) is 33.4. The smallest absolute Gasteiger partial charge is 0.405 e. The summed E-state index contributed by atoms with van der Waals surface area (Å²) in [5.74, 6) is 1.27. The van der Waals surface area contributed by atoms with Crippen molar-refractivity contribution >= 4 is 17.6 Å². The number of rotatable bonds is 10. The van der Waals surface area contributed by atoms with Crippen LogP contribution in [0.1, 0.15) is 49.8 Å². The molecule has 46 heavy (non-hydrogen) atoms. The number of Topliss-reactive ketones (excluding diaryl/α,β-unsaturated/α-hetero) is 1. The summed E-state index contributed by atoms with van der Waals surface area (Å²) in [7, 11) is 0. The fraction of sp³-hybridized carbons (Fsp3) is 0.515. The van der Waals surface area contributed by atoms with Crippen molar-refractivity contribution in [1.82, 2.24) is 25.4 Å². The second-order valence-electron chi connectivity index (χ2n) is 12.8. The zero-order valence-corrected chi connectivity index (χ0v) is 25.7. The molecule has 2 fully saturated rings. The van der Waals surface area contributed by atoms with Crippen LogP contribution < -0.4 is 15.4 Å². The Morgan fingerprint density at radius 2 is 1.93 bits per heavy atom. The molecule has 5 rings (SSSR count). The maximum Gasteiger partial charge on any atom is 0.405 e. The quantitative estimate of drug-likeness (QED) is 0.338. The number of amides is 2. The Balaban J connectivity index is 1.35. The van der Waals surface area contributed by atoms with Gasteiger partial charge in [-0.1, -0.05) is 30.2 Å². The molecule has 1 aromatic carbocycles. The second kappa shape index (κ2) is 13.0. The Morgan fingerprint density at radius 1 is 1.17 bits per heavy atom. The number of para-hydroxylation sites is 1. The molecule has 5 atom stereocenters. The summed E-state index contributed by atoms with van der Waals surface area (Å²) in [5, 5.41) is 15.7. The summed E-state index contributed by atoms with van der Waals surface area (Å²) < 4.78 is 44.4. The molecule has 2 aliphatic heterocycles. The van der Waals surface area contributed by atoms with Gasteiger partial charge in [-0.05, 0) is 38.0 Å². The molecule has 246 valence electrons. The van der Waals surface area contributed by atoms with E-state index in [9.17, 15) is 32.7 Å². The van der Waals surface area contributed by atoms with Gasteiger partial charge in [-0.15, -0.1) is 6.42 Å². The molecule has 10 nitrogen and oxygen atoms in total. The molecule has 1 aliphatic carbocycles. The average Bonchev–Trinajstić information content (AvgIpc) is 3.76. The number of aromatic nitrogens is 1. The van der Waals surface area contributed by atoms with E-state index >= 15 is 0 Å². The molecule has 0 bridgehead atoms. The first-order chi connectivity index (χ1) is 21.7. The van der Waals surface area contributed by atoms with Crippen molar-refractivity contribution in [2.75, 3.05) is 39.3 Å². The van der Waals surface area contributed by atoms with E-state index < -0.39 is 53.7 Å². The van der Waals surface area contributed by atoms with Crippen LogP contribution in [0.5, 0.6) is 5.75 Å². The molecule has 2 amide bonds. The molecule has 2 aromatic rings. The molecule has 0 radical (unpaired) electrons. The van der Waals surface area contributed by atoms with Gasteiger partial charge < -0.3 is 20.5 Å². The van der Waals surface area contributed by atoms with Crippen LogP contribution in [-0.4, -0.2) is 101 Å². The number of terminal acetylenes is 1. The lowest BCUT2D eigenvalue weighted by Gasteiger charge is -2.45. The molecule has 3 N–H and O–H groups in total. The summed E-state index contributed by atoms with van der Waals surface area (Å²) in [6.45, 7) is 2.42. The standard InChI is InChI=1S/C33H38F3N5O5/c1-4-31(2,3)41-13-12-40(25(18-41)29(44)38-20-33(34,35)36)17-22(42)14-32(15-24(32)21-8-7-11-37-16-21)30(45)39-28-23-9-5-6-10-27(23)46-19-26(28)43/h1,5-11,16,24-26,28,43H,12-15,17-20H2,2-3H3,(H,38,44)(H,39,45)/t24-,25-,26+,28-,32-/m0/s1. The van der Waals surface area contributed by atoms with Crippen LogP contribution in [-0.2, 0) is 14.4 Å². The van der Waals surface area contributed by atoms with E-state index in [1.807, 2.05) is 16.3 Å². The van der Waals surface area contributed by atoms with E-state index in [2.05, 4.69) is 16.2 Å². The molecule has 1 saturated carbocycles. The summed E-state index contributed by atoms with van der Waals surface area (Å²) in [6, 6.07) is 8.84. The van der Waals surface area contributed by atoms with Gasteiger partial charge in [-0.25, -0.2) is 0 Å². The number of nitrogens with one attached hydrogen (secondary N) is 2. The minimum atomic E-state index is -4.60. The van der Waals surface area contributed by atoms with Crippen LogP contribution in [0.25, 0.3) is 0 Å². The Kier molecular flexibility index (Phi) is 9.45. The topological polar surface area (TPSA) is 124 Å². The van der Waals surface area contributed by atoms with E-state index in [0.717, 1.165) is 5.56 Å². The highest BCUT2D eigenvalue weighted by Gasteiger charge is 2.62. The maximum atomic E-state index is 14.1. The predicted molar refractivity (Wildman–Crippen MR) is 161 cm³/mol. The molecule has 3 aliphatic rings. The highest BCUT2D eigenvalue weighted by atomic mass is 19.4. The molecule has 0 unspecified atom stereocenters. The number of carbonyl (C=O) groups excluding carboxylic acids is 3. The van der Waals surface area contributed by atoms with Crippen molar-refractivity contribution in [2.24, 2.45) is 5.41 Å². The van der Waals surface area contributed by atoms with Gasteiger partial charge in [0.25, 0.3) is 0 Å². The van der Waals surface area contributed by atoms with Gasteiger partial charge in [-0.2, -0.15) is 13.2 Å². The van der Waals surface area contributed by atoms with Crippen molar-refractivity contribution in [1.29, 1.82) is 0 Å². The number of alkyl halides is 3. The summed E-state index contributed by atoms with van der Waals surface area (Å²) in [5.41, 5.74) is -0.504. The fourth-order valence-electron chi connectivity index (χ4n) is 6.45. The van der Waals surface area contributed by atoms with Crippen LogP contribution in [0.3, 0.4) is 0 Å².